The molecule has 4 heteroatoms. The number of carbonyl (C=O) groups is 1. The number of benzene rings is 1. The fourth-order valence-corrected chi connectivity index (χ4v) is 1.88. The smallest absolute Gasteiger partial charge is 0.239 e. The van der Waals surface area contributed by atoms with E-state index < -0.39 is 0 Å². The highest BCUT2D eigenvalue weighted by Gasteiger charge is 2.11. The van der Waals surface area contributed by atoms with Gasteiger partial charge in [-0.25, -0.2) is 0 Å². The first kappa shape index (κ1) is 15.5. The van der Waals surface area contributed by atoms with Gasteiger partial charge in [-0.3, -0.25) is 4.79 Å². The molecule has 19 heavy (non-hydrogen) atoms. The zero-order chi connectivity index (χ0) is 14.4. The van der Waals surface area contributed by atoms with Gasteiger partial charge in [-0.1, -0.05) is 26.0 Å². The molecule has 0 aliphatic heterocycles. The van der Waals surface area contributed by atoms with E-state index >= 15 is 0 Å². The van der Waals surface area contributed by atoms with Crippen LogP contribution in [0.4, 0.5) is 5.69 Å². The highest BCUT2D eigenvalue weighted by molar-refractivity contribution is 5.81. The number of nitrogens with two attached hydrogens (primary N) is 1. The van der Waals surface area contributed by atoms with Gasteiger partial charge in [-0.2, -0.15) is 0 Å². The molecule has 1 amide bonds. The monoisotopic (exact) mass is 263 g/mol. The molecule has 0 saturated heterocycles. The van der Waals surface area contributed by atoms with Crippen LogP contribution in [0.1, 0.15) is 25.0 Å². The summed E-state index contributed by atoms with van der Waals surface area (Å²) < 4.78 is 0. The van der Waals surface area contributed by atoms with Crippen LogP contribution < -0.4 is 16.0 Å². The van der Waals surface area contributed by atoms with Crippen molar-refractivity contribution in [3.8, 4) is 0 Å². The molecule has 0 radical (unpaired) electrons. The molecule has 1 aromatic rings. The summed E-state index contributed by atoms with van der Waals surface area (Å²) >= 11 is 0. The number of hydrogen-bond acceptors (Lipinski definition) is 3. The Kier molecular flexibility index (Phi) is 5.83. The van der Waals surface area contributed by atoms with Crippen molar-refractivity contribution in [1.29, 1.82) is 0 Å². The Hall–Kier alpha value is -1.55. The molecule has 4 nitrogen and oxygen atoms in total. The molecule has 0 saturated carbocycles. The number of nitrogens with zero attached hydrogens (tertiary/aromatic N) is 1. The van der Waals surface area contributed by atoms with Crippen LogP contribution in [-0.4, -0.2) is 26.0 Å². The highest BCUT2D eigenvalue weighted by atomic mass is 16.2. The van der Waals surface area contributed by atoms with Crippen molar-refractivity contribution in [3.05, 3.63) is 29.3 Å². The lowest BCUT2D eigenvalue weighted by Gasteiger charge is -2.22. The van der Waals surface area contributed by atoms with Gasteiger partial charge in [0.15, 0.2) is 0 Å². The van der Waals surface area contributed by atoms with E-state index in [0.717, 1.165) is 11.3 Å². The number of likely N-dealkylation sites (N-methyl/N-ethyl adjacent to an activating group) is 1. The Labute approximate surface area is 116 Å². The zero-order valence-electron chi connectivity index (χ0n) is 12.4. The number of anilines is 1. The van der Waals surface area contributed by atoms with Crippen molar-refractivity contribution in [2.45, 2.75) is 27.3 Å². The van der Waals surface area contributed by atoms with Gasteiger partial charge in [-0.05, 0) is 30.0 Å². The third-order valence-electron chi connectivity index (χ3n) is 2.96. The maximum absolute atomic E-state index is 11.8. The molecule has 0 unspecified atom stereocenters. The summed E-state index contributed by atoms with van der Waals surface area (Å²) in [4.78, 5) is 13.8. The molecule has 1 rings (SSSR count). The predicted molar refractivity (Wildman–Crippen MR) is 80.2 cm³/mol. The number of carbonyl (C=O) groups excluding carboxylic acids is 1. The van der Waals surface area contributed by atoms with E-state index in [1.165, 1.54) is 5.56 Å². The van der Waals surface area contributed by atoms with Gasteiger partial charge < -0.3 is 16.0 Å². The Bertz CT molecular complexity index is 429. The zero-order valence-corrected chi connectivity index (χ0v) is 12.4. The van der Waals surface area contributed by atoms with Gasteiger partial charge in [-0.15, -0.1) is 0 Å². The molecular formula is C15H25N3O. The molecule has 0 bridgehead atoms. The van der Waals surface area contributed by atoms with Crippen molar-refractivity contribution < 1.29 is 4.79 Å². The van der Waals surface area contributed by atoms with E-state index in [0.29, 0.717) is 25.6 Å². The number of nitrogens with one attached hydrogen (secondary N) is 1. The minimum Gasteiger partial charge on any atom is -0.365 e. The highest BCUT2D eigenvalue weighted by Crippen LogP contribution is 2.20. The van der Waals surface area contributed by atoms with Crippen LogP contribution in [0.2, 0.25) is 0 Å². The summed E-state index contributed by atoms with van der Waals surface area (Å²) in [5, 5.41) is 2.92. The minimum absolute atomic E-state index is 0.0423. The topological polar surface area (TPSA) is 58.4 Å². The molecular weight excluding hydrogens is 238 g/mol. The van der Waals surface area contributed by atoms with Gasteiger partial charge in [0.2, 0.25) is 5.91 Å². The van der Waals surface area contributed by atoms with Crippen LogP contribution in [-0.2, 0) is 11.3 Å². The normalized spacial score (nSPS) is 10.6. The standard InChI is InChI=1S/C15H25N3O/c1-11(2)9-17-15(19)10-18(4)14-7-12(3)5-6-13(14)8-16/h5-7,11H,8-10,16H2,1-4H3,(H,17,19). The fraction of sp³-hybridized carbons (Fsp3) is 0.533. The molecule has 0 aromatic heterocycles. The first-order valence-electron chi connectivity index (χ1n) is 6.71. The lowest BCUT2D eigenvalue weighted by molar-refractivity contribution is -0.119. The lowest BCUT2D eigenvalue weighted by atomic mass is 10.1. The summed E-state index contributed by atoms with van der Waals surface area (Å²) in [6.07, 6.45) is 0. The van der Waals surface area contributed by atoms with E-state index in [-0.39, 0.29) is 5.91 Å². The van der Waals surface area contributed by atoms with Crippen LogP contribution in [0.3, 0.4) is 0 Å². The van der Waals surface area contributed by atoms with Crippen LogP contribution in [0.15, 0.2) is 18.2 Å². The second-order valence-corrected chi connectivity index (χ2v) is 5.39. The summed E-state index contributed by atoms with van der Waals surface area (Å²) in [5.74, 6) is 0.508. The van der Waals surface area contributed by atoms with Crippen molar-refractivity contribution >= 4 is 11.6 Å². The van der Waals surface area contributed by atoms with E-state index in [9.17, 15) is 4.79 Å². The predicted octanol–water partition coefficient (Wildman–Crippen LogP) is 1.66. The van der Waals surface area contributed by atoms with Crippen molar-refractivity contribution in [3.63, 3.8) is 0 Å². The average Bonchev–Trinajstić information content (AvgIpc) is 2.36. The molecule has 0 aliphatic rings. The third-order valence-corrected chi connectivity index (χ3v) is 2.96. The molecule has 0 heterocycles. The lowest BCUT2D eigenvalue weighted by Crippen LogP contribution is -2.37. The van der Waals surface area contributed by atoms with E-state index in [1.54, 1.807) is 0 Å². The summed E-state index contributed by atoms with van der Waals surface area (Å²) in [7, 11) is 1.92. The third kappa shape index (κ3) is 4.91. The SMILES string of the molecule is Cc1ccc(CN)c(N(C)CC(=O)NCC(C)C)c1. The molecule has 0 aliphatic carbocycles. The molecule has 0 spiro atoms. The van der Waals surface area contributed by atoms with Gasteiger partial charge in [0, 0.05) is 25.8 Å². The second-order valence-electron chi connectivity index (χ2n) is 5.39. The molecule has 3 N–H and O–H groups in total. The summed E-state index contributed by atoms with van der Waals surface area (Å²) in [6.45, 7) is 7.74. The molecule has 106 valence electrons. The first-order valence-corrected chi connectivity index (χ1v) is 6.71. The number of aryl methyl sites for hydroxylation is 1. The summed E-state index contributed by atoms with van der Waals surface area (Å²) in [5.41, 5.74) is 9.00. The molecule has 0 atom stereocenters. The number of rotatable bonds is 6. The Morgan fingerprint density at radius 1 is 1.42 bits per heavy atom. The molecule has 0 fully saturated rings. The quantitative estimate of drug-likeness (QED) is 0.820. The number of amides is 1. The first-order chi connectivity index (χ1) is 8.93. The van der Waals surface area contributed by atoms with E-state index in [2.05, 4.69) is 25.2 Å². The van der Waals surface area contributed by atoms with Gasteiger partial charge in [0.1, 0.15) is 0 Å². The van der Waals surface area contributed by atoms with E-state index in [1.807, 2.05) is 31.0 Å². The average molecular weight is 263 g/mol. The summed E-state index contributed by atoms with van der Waals surface area (Å²) in [6, 6.07) is 6.13. The van der Waals surface area contributed by atoms with Crippen LogP contribution in [0.5, 0.6) is 0 Å². The van der Waals surface area contributed by atoms with Crippen molar-refractivity contribution in [2.24, 2.45) is 11.7 Å². The van der Waals surface area contributed by atoms with Crippen molar-refractivity contribution in [2.75, 3.05) is 25.0 Å². The van der Waals surface area contributed by atoms with Gasteiger partial charge >= 0.3 is 0 Å². The second kappa shape index (κ2) is 7.14. The van der Waals surface area contributed by atoms with Crippen LogP contribution in [0, 0.1) is 12.8 Å². The maximum Gasteiger partial charge on any atom is 0.239 e. The van der Waals surface area contributed by atoms with Crippen LogP contribution >= 0.6 is 0 Å². The van der Waals surface area contributed by atoms with Crippen molar-refractivity contribution in [1.82, 2.24) is 5.32 Å². The van der Waals surface area contributed by atoms with Gasteiger partial charge in [0.05, 0.1) is 6.54 Å². The van der Waals surface area contributed by atoms with Gasteiger partial charge in [0.25, 0.3) is 0 Å². The fourth-order valence-electron chi connectivity index (χ4n) is 1.88. The Balaban J connectivity index is 2.69. The largest absolute Gasteiger partial charge is 0.365 e. The van der Waals surface area contributed by atoms with Crippen LogP contribution in [0.25, 0.3) is 0 Å². The molecule has 1 aromatic carbocycles. The Morgan fingerprint density at radius 3 is 2.68 bits per heavy atom. The Morgan fingerprint density at radius 2 is 2.11 bits per heavy atom. The number of hydrogen-bond donors (Lipinski definition) is 2. The van der Waals surface area contributed by atoms with E-state index in [4.69, 9.17) is 5.73 Å². The maximum atomic E-state index is 11.8. The minimum atomic E-state index is 0.0423.